The first-order chi connectivity index (χ1) is 7.72. The third kappa shape index (κ3) is 1.75. The predicted octanol–water partition coefficient (Wildman–Crippen LogP) is 2.82. The lowest BCUT2D eigenvalue weighted by molar-refractivity contribution is 0.379. The van der Waals surface area contributed by atoms with Crippen LogP contribution in [0, 0.1) is 18.7 Å². The molecule has 1 aliphatic heterocycles. The molecule has 16 heavy (non-hydrogen) atoms. The molecule has 1 saturated carbocycles. The van der Waals surface area contributed by atoms with Crippen LogP contribution >= 0.6 is 0 Å². The maximum absolute atomic E-state index is 13.1. The minimum atomic E-state index is -0.0929. The second-order valence-electron chi connectivity index (χ2n) is 5.33. The van der Waals surface area contributed by atoms with E-state index < -0.39 is 0 Å². The van der Waals surface area contributed by atoms with Crippen LogP contribution in [0.5, 0.6) is 0 Å². The van der Waals surface area contributed by atoms with Crippen molar-refractivity contribution in [2.45, 2.75) is 44.7 Å². The molecule has 0 amide bonds. The van der Waals surface area contributed by atoms with Crippen molar-refractivity contribution in [1.29, 1.82) is 0 Å². The molecule has 2 heteroatoms. The number of halogens is 1. The van der Waals surface area contributed by atoms with Crippen LogP contribution in [0.25, 0.3) is 0 Å². The standard InChI is InChI=1S/C14H18FN/c1-9-6-10(2-5-13(9)15)7-14-11-3-4-12(8-11)16-14/h2,5-6,11-12,14,16H,3-4,7-8H2,1H3. The van der Waals surface area contributed by atoms with Gasteiger partial charge in [0.2, 0.25) is 0 Å². The lowest BCUT2D eigenvalue weighted by atomic mass is 9.93. The minimum absolute atomic E-state index is 0.0929. The normalized spacial score (nSPS) is 32.2. The first-order valence-electron chi connectivity index (χ1n) is 6.23. The molecule has 0 spiro atoms. The Morgan fingerprint density at radius 1 is 1.38 bits per heavy atom. The Morgan fingerprint density at radius 2 is 2.25 bits per heavy atom. The SMILES string of the molecule is Cc1cc(CC2NC3CCC2C3)ccc1F. The molecule has 86 valence electrons. The number of benzene rings is 1. The molecule has 1 aromatic rings. The molecule has 1 nitrogen and oxygen atoms in total. The topological polar surface area (TPSA) is 12.0 Å². The van der Waals surface area contributed by atoms with Gasteiger partial charge in [-0.15, -0.1) is 0 Å². The number of piperidine rings is 1. The van der Waals surface area contributed by atoms with E-state index in [9.17, 15) is 4.39 Å². The van der Waals surface area contributed by atoms with Crippen LogP contribution in [0.4, 0.5) is 4.39 Å². The fraction of sp³-hybridized carbons (Fsp3) is 0.571. The number of rotatable bonds is 2. The first-order valence-corrected chi connectivity index (χ1v) is 6.23. The zero-order valence-electron chi connectivity index (χ0n) is 9.67. The second-order valence-corrected chi connectivity index (χ2v) is 5.33. The Hall–Kier alpha value is -0.890. The largest absolute Gasteiger partial charge is 0.311 e. The van der Waals surface area contributed by atoms with Crippen LogP contribution in [0.1, 0.15) is 30.4 Å². The Labute approximate surface area is 96.1 Å². The Bertz CT molecular complexity index is 402. The number of hydrogen-bond donors (Lipinski definition) is 1. The highest BCUT2D eigenvalue weighted by Gasteiger charge is 2.38. The molecule has 1 saturated heterocycles. The highest BCUT2D eigenvalue weighted by Crippen LogP contribution is 2.36. The van der Waals surface area contributed by atoms with E-state index in [0.717, 1.165) is 23.9 Å². The maximum atomic E-state index is 13.1. The number of fused-ring (bicyclic) bond motifs is 2. The molecule has 3 unspecified atom stereocenters. The molecule has 0 radical (unpaired) electrons. The molecule has 3 atom stereocenters. The third-order valence-electron chi connectivity index (χ3n) is 4.17. The lowest BCUT2D eigenvalue weighted by Crippen LogP contribution is -2.37. The first kappa shape index (κ1) is 10.3. The monoisotopic (exact) mass is 219 g/mol. The van der Waals surface area contributed by atoms with Gasteiger partial charge in [0.15, 0.2) is 0 Å². The van der Waals surface area contributed by atoms with Gasteiger partial charge in [-0.2, -0.15) is 0 Å². The van der Waals surface area contributed by atoms with Crippen molar-refractivity contribution < 1.29 is 4.39 Å². The molecule has 2 fully saturated rings. The average molecular weight is 219 g/mol. The Balaban J connectivity index is 1.72. The maximum Gasteiger partial charge on any atom is 0.126 e. The fourth-order valence-electron chi connectivity index (χ4n) is 3.29. The van der Waals surface area contributed by atoms with Gasteiger partial charge in [0.25, 0.3) is 0 Å². The van der Waals surface area contributed by atoms with E-state index in [2.05, 4.69) is 5.32 Å². The molecular formula is C14H18FN. The highest BCUT2D eigenvalue weighted by molar-refractivity contribution is 5.25. The fourth-order valence-corrected chi connectivity index (χ4v) is 3.29. The second kappa shape index (κ2) is 3.85. The molecule has 1 N–H and O–H groups in total. The molecule has 1 aliphatic carbocycles. The summed E-state index contributed by atoms with van der Waals surface area (Å²) in [6, 6.07) is 6.90. The van der Waals surface area contributed by atoms with Crippen LogP contribution in [0.2, 0.25) is 0 Å². The van der Waals surface area contributed by atoms with Crippen LogP contribution < -0.4 is 5.32 Å². The van der Waals surface area contributed by atoms with Crippen LogP contribution in [0.3, 0.4) is 0 Å². The van der Waals surface area contributed by atoms with Gasteiger partial charge in [0, 0.05) is 12.1 Å². The van der Waals surface area contributed by atoms with Crippen molar-refractivity contribution in [3.8, 4) is 0 Å². The summed E-state index contributed by atoms with van der Waals surface area (Å²) < 4.78 is 13.1. The lowest BCUT2D eigenvalue weighted by Gasteiger charge is -2.23. The Morgan fingerprint density at radius 3 is 2.88 bits per heavy atom. The summed E-state index contributed by atoms with van der Waals surface area (Å²) in [6.07, 6.45) is 5.14. The van der Waals surface area contributed by atoms with Gasteiger partial charge in [-0.25, -0.2) is 4.39 Å². The minimum Gasteiger partial charge on any atom is -0.311 e. The van der Waals surface area contributed by atoms with E-state index in [1.807, 2.05) is 19.1 Å². The van der Waals surface area contributed by atoms with Gasteiger partial charge in [-0.1, -0.05) is 12.1 Å². The number of hydrogen-bond acceptors (Lipinski definition) is 1. The quantitative estimate of drug-likeness (QED) is 0.806. The van der Waals surface area contributed by atoms with E-state index in [0.29, 0.717) is 6.04 Å². The molecule has 1 aromatic carbocycles. The summed E-state index contributed by atoms with van der Waals surface area (Å²) in [4.78, 5) is 0. The molecule has 2 bridgehead atoms. The smallest absolute Gasteiger partial charge is 0.126 e. The van der Waals surface area contributed by atoms with E-state index in [4.69, 9.17) is 0 Å². The summed E-state index contributed by atoms with van der Waals surface area (Å²) in [7, 11) is 0. The molecule has 0 aromatic heterocycles. The average Bonchev–Trinajstić information content (AvgIpc) is 2.85. The van der Waals surface area contributed by atoms with Gasteiger partial charge in [0.05, 0.1) is 0 Å². The van der Waals surface area contributed by atoms with Crippen molar-refractivity contribution in [3.63, 3.8) is 0 Å². The highest BCUT2D eigenvalue weighted by atomic mass is 19.1. The van der Waals surface area contributed by atoms with Gasteiger partial charge in [0.1, 0.15) is 5.82 Å². The van der Waals surface area contributed by atoms with Crippen molar-refractivity contribution in [2.24, 2.45) is 5.92 Å². The molecule has 1 heterocycles. The van der Waals surface area contributed by atoms with Gasteiger partial charge >= 0.3 is 0 Å². The predicted molar refractivity (Wildman–Crippen MR) is 62.9 cm³/mol. The van der Waals surface area contributed by atoms with Crippen LogP contribution in [-0.4, -0.2) is 12.1 Å². The summed E-state index contributed by atoms with van der Waals surface area (Å²) in [6.45, 7) is 1.84. The van der Waals surface area contributed by atoms with Crippen molar-refractivity contribution in [1.82, 2.24) is 5.32 Å². The zero-order chi connectivity index (χ0) is 11.1. The van der Waals surface area contributed by atoms with E-state index in [-0.39, 0.29) is 5.82 Å². The molecule has 2 aliphatic rings. The van der Waals surface area contributed by atoms with Gasteiger partial charge < -0.3 is 5.32 Å². The summed E-state index contributed by atoms with van der Waals surface area (Å²) in [5, 5.41) is 3.68. The van der Waals surface area contributed by atoms with E-state index in [1.165, 1.54) is 24.8 Å². The molecular weight excluding hydrogens is 201 g/mol. The van der Waals surface area contributed by atoms with E-state index in [1.54, 1.807) is 6.07 Å². The summed E-state index contributed by atoms with van der Waals surface area (Å²) in [5.41, 5.74) is 2.03. The third-order valence-corrected chi connectivity index (χ3v) is 4.17. The van der Waals surface area contributed by atoms with Crippen molar-refractivity contribution in [2.75, 3.05) is 0 Å². The van der Waals surface area contributed by atoms with Crippen LogP contribution in [-0.2, 0) is 6.42 Å². The zero-order valence-corrected chi connectivity index (χ0v) is 9.67. The number of nitrogens with one attached hydrogen (secondary N) is 1. The van der Waals surface area contributed by atoms with Gasteiger partial charge in [-0.3, -0.25) is 0 Å². The van der Waals surface area contributed by atoms with E-state index >= 15 is 0 Å². The summed E-state index contributed by atoms with van der Waals surface area (Å²) in [5.74, 6) is 0.764. The Kier molecular flexibility index (Phi) is 2.47. The van der Waals surface area contributed by atoms with Crippen molar-refractivity contribution >= 4 is 0 Å². The number of aryl methyl sites for hydroxylation is 1. The van der Waals surface area contributed by atoms with Crippen molar-refractivity contribution in [3.05, 3.63) is 35.1 Å². The van der Waals surface area contributed by atoms with Gasteiger partial charge in [-0.05, 0) is 55.7 Å². The molecule has 3 rings (SSSR count). The summed E-state index contributed by atoms with van der Waals surface area (Å²) >= 11 is 0. The van der Waals surface area contributed by atoms with Crippen LogP contribution in [0.15, 0.2) is 18.2 Å².